The number of hydrogen-bond acceptors (Lipinski definition) is 7. The van der Waals surface area contributed by atoms with Crippen LogP contribution in [-0.4, -0.2) is 73.9 Å². The molecule has 5 heterocycles. The van der Waals surface area contributed by atoms with E-state index in [2.05, 4.69) is 22.1 Å². The van der Waals surface area contributed by atoms with Gasteiger partial charge in [-0.1, -0.05) is 49.2 Å². The molecular weight excluding hydrogens is 622 g/mol. The van der Waals surface area contributed by atoms with Crippen LogP contribution >= 0.6 is 35.0 Å². The smallest absolute Gasteiger partial charge is 0.263 e. The highest BCUT2D eigenvalue weighted by Crippen LogP contribution is 2.54. The molecule has 5 aliphatic rings. The fourth-order valence-electron chi connectivity index (χ4n) is 7.02. The van der Waals surface area contributed by atoms with Crippen LogP contribution in [0.5, 0.6) is 0 Å². The predicted molar refractivity (Wildman–Crippen MR) is 171 cm³/mol. The van der Waals surface area contributed by atoms with E-state index < -0.39 is 23.9 Å². The van der Waals surface area contributed by atoms with Gasteiger partial charge in [0.15, 0.2) is 5.17 Å². The third-order valence-corrected chi connectivity index (χ3v) is 11.2. The Kier molecular flexibility index (Phi) is 7.71. The number of thioether (sulfide) groups is 1. The summed E-state index contributed by atoms with van der Waals surface area (Å²) in [5.74, 6) is -0.650. The van der Waals surface area contributed by atoms with Gasteiger partial charge in [-0.2, -0.15) is 0 Å². The molecule has 2 saturated heterocycles. The number of likely N-dealkylation sites (tertiary alicyclic amines) is 1. The lowest BCUT2D eigenvalue weighted by Crippen LogP contribution is -2.61. The van der Waals surface area contributed by atoms with Gasteiger partial charge >= 0.3 is 0 Å². The van der Waals surface area contributed by atoms with Gasteiger partial charge in [0, 0.05) is 43.1 Å². The second-order valence-electron chi connectivity index (χ2n) is 12.9. The summed E-state index contributed by atoms with van der Waals surface area (Å²) < 4.78 is 14.8. The number of aromatic nitrogens is 1. The maximum atomic E-state index is 14.8. The molecule has 1 aromatic heterocycles. The van der Waals surface area contributed by atoms with Gasteiger partial charge in [-0.25, -0.2) is 9.37 Å². The molecule has 2 aromatic rings. The minimum Gasteiger partial charge on any atom is -0.335 e. The monoisotopic (exact) mass is 656 g/mol. The second kappa shape index (κ2) is 11.3. The molecule has 1 spiro atoms. The Hall–Kier alpha value is -2.66. The summed E-state index contributed by atoms with van der Waals surface area (Å²) in [6.07, 6.45) is 5.30. The highest BCUT2D eigenvalue weighted by molar-refractivity contribution is 8.18. The Labute approximate surface area is 271 Å². The number of rotatable bonds is 5. The minimum absolute atomic E-state index is 0.0417. The molecule has 12 heteroatoms. The first-order valence-electron chi connectivity index (χ1n) is 15.3. The molecule has 0 bridgehead atoms. The summed E-state index contributed by atoms with van der Waals surface area (Å²) in [6.45, 7) is 8.18. The van der Waals surface area contributed by atoms with Crippen molar-refractivity contribution in [2.24, 2.45) is 10.9 Å². The third kappa shape index (κ3) is 5.11. The highest BCUT2D eigenvalue weighted by Gasteiger charge is 2.52. The molecule has 0 radical (unpaired) electrons. The average molecular weight is 658 g/mol. The fraction of sp³-hybridized carbons (Fsp3) is 0.500. The lowest BCUT2D eigenvalue weighted by atomic mass is 9.93. The molecule has 8 nitrogen and oxygen atoms in total. The van der Waals surface area contributed by atoms with Crippen molar-refractivity contribution in [1.82, 2.24) is 25.0 Å². The highest BCUT2D eigenvalue weighted by atomic mass is 35.5. The van der Waals surface area contributed by atoms with Crippen LogP contribution in [0.1, 0.15) is 69.7 Å². The number of carbonyl (C=O) groups excluding carboxylic acids is 2. The van der Waals surface area contributed by atoms with Gasteiger partial charge in [0.25, 0.3) is 5.91 Å². The second-order valence-corrected chi connectivity index (χ2v) is 14.6. The quantitative estimate of drug-likeness (QED) is 0.401. The van der Waals surface area contributed by atoms with E-state index >= 15 is 0 Å². The summed E-state index contributed by atoms with van der Waals surface area (Å²) in [7, 11) is 0. The number of carbonyl (C=O) groups is 2. The number of benzene rings is 1. The number of hydrogen-bond donors (Lipinski definition) is 1. The fourth-order valence-corrected chi connectivity index (χ4v) is 8.55. The van der Waals surface area contributed by atoms with Crippen molar-refractivity contribution >= 4 is 51.9 Å². The van der Waals surface area contributed by atoms with Crippen LogP contribution in [0.25, 0.3) is 0 Å². The molecule has 232 valence electrons. The van der Waals surface area contributed by atoms with Crippen molar-refractivity contribution < 1.29 is 14.0 Å². The van der Waals surface area contributed by atoms with E-state index in [-0.39, 0.29) is 34.3 Å². The molecule has 44 heavy (non-hydrogen) atoms. The summed E-state index contributed by atoms with van der Waals surface area (Å²) in [6, 6.07) is 7.17. The van der Waals surface area contributed by atoms with Crippen molar-refractivity contribution in [2.75, 3.05) is 19.6 Å². The summed E-state index contributed by atoms with van der Waals surface area (Å²) in [5.41, 5.74) is 2.40. The van der Waals surface area contributed by atoms with Gasteiger partial charge < -0.3 is 20.0 Å². The van der Waals surface area contributed by atoms with E-state index in [1.807, 2.05) is 30.9 Å². The largest absolute Gasteiger partial charge is 0.335 e. The van der Waals surface area contributed by atoms with E-state index in [0.29, 0.717) is 40.3 Å². The van der Waals surface area contributed by atoms with Gasteiger partial charge in [-0.3, -0.25) is 14.6 Å². The summed E-state index contributed by atoms with van der Waals surface area (Å²) >= 11 is 13.5. The van der Waals surface area contributed by atoms with E-state index in [1.165, 1.54) is 17.8 Å². The molecule has 4 aliphatic heterocycles. The number of allylic oxidation sites excluding steroid dienone is 1. The van der Waals surface area contributed by atoms with Crippen LogP contribution in [0.4, 0.5) is 4.39 Å². The first kappa shape index (κ1) is 30.0. The van der Waals surface area contributed by atoms with Gasteiger partial charge in [0.05, 0.1) is 11.1 Å². The lowest BCUT2D eigenvalue weighted by molar-refractivity contribution is -0.144. The first-order chi connectivity index (χ1) is 21.1. The normalized spacial score (nSPS) is 27.4. The number of amides is 2. The Morgan fingerprint density at radius 1 is 1.14 bits per heavy atom. The number of halogens is 3. The molecule has 3 unspecified atom stereocenters. The standard InChI is InChI=1S/C32H35Cl2FN6O2S/c1-17(2)26-28(30(43)39-12-4-5-23(39)29(42)40-16-32(10-11-32)37-14-18(40)3)44-31-38-25(20-7-9-24(34)36-15-20)27(41(26)31)19-6-8-21(33)22(35)13-19/h6-9,13,15,17-18,23,25,27,37H,4-5,10-12,14,16H2,1-3H3/t18-,23?,25?,27?/m0/s1. The molecule has 2 amide bonds. The van der Waals surface area contributed by atoms with Crippen LogP contribution in [-0.2, 0) is 9.59 Å². The van der Waals surface area contributed by atoms with Crippen LogP contribution in [0.3, 0.4) is 0 Å². The van der Waals surface area contributed by atoms with Gasteiger partial charge in [0.1, 0.15) is 28.0 Å². The summed E-state index contributed by atoms with van der Waals surface area (Å²) in [5, 5.41) is 4.70. The maximum absolute atomic E-state index is 14.8. The molecule has 1 aliphatic carbocycles. The van der Waals surface area contributed by atoms with Crippen LogP contribution in [0, 0.1) is 11.7 Å². The Balaban J connectivity index is 1.23. The van der Waals surface area contributed by atoms with Gasteiger partial charge in [0.2, 0.25) is 5.91 Å². The predicted octanol–water partition coefficient (Wildman–Crippen LogP) is 5.94. The average Bonchev–Trinajstić information content (AvgIpc) is 3.32. The lowest BCUT2D eigenvalue weighted by Gasteiger charge is -2.41. The molecule has 7 rings (SSSR count). The molecule has 1 aromatic carbocycles. The summed E-state index contributed by atoms with van der Waals surface area (Å²) in [4.78, 5) is 44.2. The van der Waals surface area contributed by atoms with Crippen LogP contribution in [0.2, 0.25) is 10.2 Å². The topological polar surface area (TPSA) is 81.1 Å². The number of fused-ring (bicyclic) bond motifs is 1. The third-order valence-electron chi connectivity index (χ3n) is 9.55. The number of amidine groups is 1. The minimum atomic E-state index is -0.516. The number of nitrogens with one attached hydrogen (secondary N) is 1. The van der Waals surface area contributed by atoms with Crippen molar-refractivity contribution in [1.29, 1.82) is 0 Å². The van der Waals surface area contributed by atoms with E-state index in [4.69, 9.17) is 28.2 Å². The zero-order chi connectivity index (χ0) is 30.9. The number of piperazine rings is 1. The van der Waals surface area contributed by atoms with E-state index in [0.717, 1.165) is 37.1 Å². The molecule has 3 fully saturated rings. The first-order valence-corrected chi connectivity index (χ1v) is 16.9. The van der Waals surface area contributed by atoms with Crippen LogP contribution < -0.4 is 5.32 Å². The van der Waals surface area contributed by atoms with E-state index in [1.54, 1.807) is 23.2 Å². The van der Waals surface area contributed by atoms with Crippen molar-refractivity contribution in [3.8, 4) is 0 Å². The molecular formula is C32H35Cl2FN6O2S. The number of aliphatic imine (C=N–C) groups is 1. The Bertz CT molecular complexity index is 1580. The number of nitrogens with zero attached hydrogens (tertiary/aromatic N) is 5. The number of pyridine rings is 1. The molecule has 1 N–H and O–H groups in total. The zero-order valence-electron chi connectivity index (χ0n) is 24.9. The van der Waals surface area contributed by atoms with Gasteiger partial charge in [-0.15, -0.1) is 0 Å². The molecule has 1 saturated carbocycles. The van der Waals surface area contributed by atoms with Crippen molar-refractivity contribution in [3.05, 3.63) is 74.3 Å². The van der Waals surface area contributed by atoms with E-state index in [9.17, 15) is 14.0 Å². The van der Waals surface area contributed by atoms with Crippen LogP contribution in [0.15, 0.2) is 52.1 Å². The van der Waals surface area contributed by atoms with Crippen molar-refractivity contribution in [3.63, 3.8) is 0 Å². The zero-order valence-corrected chi connectivity index (χ0v) is 27.2. The SMILES string of the molecule is CC(C)C1=C(C(=O)N2CCCC2C(=O)N2CC3(CC3)NC[C@@H]2C)SC2=NC(c3ccc(Cl)nc3)C(c3ccc(Cl)c(F)c3)N21. The Morgan fingerprint density at radius 3 is 2.59 bits per heavy atom. The Morgan fingerprint density at radius 2 is 1.91 bits per heavy atom. The van der Waals surface area contributed by atoms with Gasteiger partial charge in [-0.05, 0) is 79.6 Å². The van der Waals surface area contributed by atoms with Crippen molar-refractivity contribution in [2.45, 2.75) is 76.2 Å². The molecule has 4 atom stereocenters. The maximum Gasteiger partial charge on any atom is 0.263 e.